The number of nitrogens with one attached hydrogen (secondary N) is 1. The third kappa shape index (κ3) is 13.1. The van der Waals surface area contributed by atoms with Gasteiger partial charge in [-0.1, -0.05) is 12.1 Å². The number of amides is 1. The number of carbonyl (C=O) groups excluding carboxylic acids is 2. The molecule has 0 atom stereocenters. The molecule has 0 spiro atoms. The fourth-order valence-corrected chi connectivity index (χ4v) is 1.96. The fourth-order valence-electron chi connectivity index (χ4n) is 1.96. The maximum atomic E-state index is 9.92. The summed E-state index contributed by atoms with van der Waals surface area (Å²) in [6.07, 6.45) is 1.97. The quantitative estimate of drug-likeness (QED) is 0.203. The van der Waals surface area contributed by atoms with Crippen LogP contribution in [0.5, 0.6) is 23.0 Å². The highest BCUT2D eigenvalue weighted by Crippen LogP contribution is 2.25. The first-order valence-corrected chi connectivity index (χ1v) is 8.83. The van der Waals surface area contributed by atoms with Gasteiger partial charge in [0.05, 0.1) is 6.61 Å². The number of halogens is 1. The lowest BCUT2D eigenvalue weighted by atomic mass is 10.1. The van der Waals surface area contributed by atoms with Gasteiger partial charge in [0.2, 0.25) is 6.41 Å². The van der Waals surface area contributed by atoms with Crippen molar-refractivity contribution in [2.24, 2.45) is 5.73 Å². The number of aromatic hydroxyl groups is 4. The molecule has 0 aliphatic heterocycles. The van der Waals surface area contributed by atoms with Crippen LogP contribution in [0.2, 0.25) is 0 Å². The minimum Gasteiger partial charge on any atom is -0.504 e. The normalized spacial score (nSPS) is 8.87. The van der Waals surface area contributed by atoms with Gasteiger partial charge in [0, 0.05) is 6.54 Å². The van der Waals surface area contributed by atoms with Crippen LogP contribution in [0.25, 0.3) is 0 Å². The van der Waals surface area contributed by atoms with E-state index in [1.807, 2.05) is 0 Å². The first-order valence-electron chi connectivity index (χ1n) is 8.83. The van der Waals surface area contributed by atoms with Crippen LogP contribution >= 0.6 is 12.4 Å². The van der Waals surface area contributed by atoms with Crippen molar-refractivity contribution < 1.29 is 34.8 Å². The van der Waals surface area contributed by atoms with Crippen molar-refractivity contribution in [1.82, 2.24) is 5.32 Å². The largest absolute Gasteiger partial charge is 0.504 e. The molecule has 0 saturated heterocycles. The number of phenolic OH excluding ortho intramolecular Hbond substituents is 4. The van der Waals surface area contributed by atoms with Gasteiger partial charge in [-0.3, -0.25) is 9.59 Å². The predicted octanol–water partition coefficient (Wildman–Crippen LogP) is 1.59. The van der Waals surface area contributed by atoms with E-state index < -0.39 is 0 Å². The lowest BCUT2D eigenvalue weighted by molar-refractivity contribution is -0.128. The number of benzene rings is 2. The molecule has 2 rings (SSSR count). The standard InChI is InChI=1S/C9H11NO3.C8H11NO2.C3H6O2.ClH/c11-6-10-4-3-7-1-2-8(12)9(13)5-7;9-4-3-6-1-2-7(10)8(11)5-6;1-2-5-3-4;/h1-2,5-6,12-13H,3-4H2,(H,10,11);1-2,5,10-11H,3-4,9H2;3H,2H2,1H3;1H. The van der Waals surface area contributed by atoms with Gasteiger partial charge >= 0.3 is 0 Å². The van der Waals surface area contributed by atoms with Crippen LogP contribution in [0, 0.1) is 0 Å². The molecule has 2 aromatic carbocycles. The van der Waals surface area contributed by atoms with Crippen LogP contribution < -0.4 is 11.1 Å². The average molecular weight is 445 g/mol. The molecule has 0 heterocycles. The first kappa shape index (κ1) is 29.0. The summed E-state index contributed by atoms with van der Waals surface area (Å²) in [5.74, 6) is -0.447. The van der Waals surface area contributed by atoms with E-state index in [0.717, 1.165) is 11.1 Å². The lowest BCUT2D eigenvalue weighted by Crippen LogP contribution is -2.14. The smallest absolute Gasteiger partial charge is 0.293 e. The minimum absolute atomic E-state index is 0. The number of hydrogen-bond acceptors (Lipinski definition) is 8. The van der Waals surface area contributed by atoms with E-state index >= 15 is 0 Å². The second-order valence-corrected chi connectivity index (χ2v) is 5.56. The van der Waals surface area contributed by atoms with Crippen molar-refractivity contribution in [3.8, 4) is 23.0 Å². The van der Waals surface area contributed by atoms with E-state index in [0.29, 0.717) is 45.4 Å². The molecule has 168 valence electrons. The van der Waals surface area contributed by atoms with Crippen LogP contribution in [-0.2, 0) is 27.2 Å². The van der Waals surface area contributed by atoms with Crippen molar-refractivity contribution >= 4 is 25.3 Å². The molecule has 30 heavy (non-hydrogen) atoms. The third-order valence-corrected chi connectivity index (χ3v) is 3.39. The highest BCUT2D eigenvalue weighted by Gasteiger charge is 2.00. The summed E-state index contributed by atoms with van der Waals surface area (Å²) in [6.45, 7) is 3.73. The monoisotopic (exact) mass is 444 g/mol. The van der Waals surface area contributed by atoms with Crippen molar-refractivity contribution in [3.63, 3.8) is 0 Å². The summed E-state index contributed by atoms with van der Waals surface area (Å²) in [5, 5.41) is 38.6. The van der Waals surface area contributed by atoms with Crippen molar-refractivity contribution in [3.05, 3.63) is 47.5 Å². The molecule has 0 aliphatic rings. The maximum absolute atomic E-state index is 9.92. The van der Waals surface area contributed by atoms with E-state index in [1.54, 1.807) is 19.1 Å². The zero-order valence-electron chi connectivity index (χ0n) is 16.7. The SMILES string of the molecule is CCOC=O.Cl.NCCc1ccc(O)c(O)c1.O=CNCCc1ccc(O)c(O)c1. The van der Waals surface area contributed by atoms with Crippen molar-refractivity contribution in [2.75, 3.05) is 19.7 Å². The Balaban J connectivity index is 0. The summed E-state index contributed by atoms with van der Waals surface area (Å²) in [7, 11) is 0. The van der Waals surface area contributed by atoms with E-state index in [1.165, 1.54) is 24.3 Å². The topological polar surface area (TPSA) is 162 Å². The van der Waals surface area contributed by atoms with Crippen molar-refractivity contribution in [2.45, 2.75) is 19.8 Å². The zero-order chi connectivity index (χ0) is 22.1. The molecule has 0 fully saturated rings. The van der Waals surface area contributed by atoms with E-state index in [-0.39, 0.29) is 35.4 Å². The summed E-state index contributed by atoms with van der Waals surface area (Å²) >= 11 is 0. The Morgan fingerprint density at radius 2 is 1.40 bits per heavy atom. The highest BCUT2D eigenvalue weighted by atomic mass is 35.5. The molecule has 0 unspecified atom stereocenters. The molecular formula is C20H29ClN2O7. The molecule has 0 aliphatic carbocycles. The van der Waals surface area contributed by atoms with Gasteiger partial charge in [0.1, 0.15) is 0 Å². The van der Waals surface area contributed by atoms with Crippen LogP contribution in [0.1, 0.15) is 18.1 Å². The number of carbonyl (C=O) groups is 2. The molecule has 1 amide bonds. The van der Waals surface area contributed by atoms with Gasteiger partial charge < -0.3 is 36.2 Å². The molecule has 2 aromatic rings. The van der Waals surface area contributed by atoms with Gasteiger partial charge in [-0.25, -0.2) is 0 Å². The molecule has 0 radical (unpaired) electrons. The Bertz CT molecular complexity index is 745. The second kappa shape index (κ2) is 17.9. The number of nitrogens with two attached hydrogens (primary N) is 1. The fraction of sp³-hybridized carbons (Fsp3) is 0.300. The van der Waals surface area contributed by atoms with Gasteiger partial charge in [-0.2, -0.15) is 0 Å². The van der Waals surface area contributed by atoms with Crippen LogP contribution in [0.3, 0.4) is 0 Å². The molecule has 0 saturated carbocycles. The Hall–Kier alpha value is -3.17. The summed E-state index contributed by atoms with van der Waals surface area (Å²) in [6, 6.07) is 9.30. The summed E-state index contributed by atoms with van der Waals surface area (Å²) in [4.78, 5) is 19.1. The predicted molar refractivity (Wildman–Crippen MR) is 115 cm³/mol. The molecule has 10 heteroatoms. The molecule has 9 nitrogen and oxygen atoms in total. The Labute approximate surface area is 181 Å². The van der Waals surface area contributed by atoms with Crippen LogP contribution in [-0.4, -0.2) is 53.0 Å². The Morgan fingerprint density at radius 3 is 1.73 bits per heavy atom. The molecule has 0 bridgehead atoms. The zero-order valence-corrected chi connectivity index (χ0v) is 17.5. The summed E-state index contributed by atoms with van der Waals surface area (Å²) < 4.78 is 4.15. The van der Waals surface area contributed by atoms with Gasteiger partial charge in [-0.15, -0.1) is 12.4 Å². The van der Waals surface area contributed by atoms with Gasteiger partial charge in [0.15, 0.2) is 23.0 Å². The highest BCUT2D eigenvalue weighted by molar-refractivity contribution is 5.85. The molecular weight excluding hydrogens is 416 g/mol. The van der Waals surface area contributed by atoms with Crippen LogP contribution in [0.15, 0.2) is 36.4 Å². The number of phenols is 4. The number of rotatable bonds is 8. The van der Waals surface area contributed by atoms with Crippen molar-refractivity contribution in [1.29, 1.82) is 0 Å². The Kier molecular flexibility index (Phi) is 17.3. The minimum atomic E-state index is -0.136. The second-order valence-electron chi connectivity index (χ2n) is 5.56. The molecule has 0 aromatic heterocycles. The maximum Gasteiger partial charge on any atom is 0.293 e. The van der Waals surface area contributed by atoms with Gasteiger partial charge in [-0.05, 0) is 61.7 Å². The van der Waals surface area contributed by atoms with E-state index in [2.05, 4.69) is 10.1 Å². The van der Waals surface area contributed by atoms with E-state index in [9.17, 15) is 9.59 Å². The average Bonchev–Trinajstić information content (AvgIpc) is 2.70. The molecule has 7 N–H and O–H groups in total. The number of ether oxygens (including phenoxy) is 1. The number of hydrogen-bond donors (Lipinski definition) is 6. The van der Waals surface area contributed by atoms with Crippen LogP contribution in [0.4, 0.5) is 0 Å². The Morgan fingerprint density at radius 1 is 0.900 bits per heavy atom. The van der Waals surface area contributed by atoms with Gasteiger partial charge in [0.25, 0.3) is 6.47 Å². The lowest BCUT2D eigenvalue weighted by Gasteiger charge is -2.02. The first-order chi connectivity index (χ1) is 13.9. The summed E-state index contributed by atoms with van der Waals surface area (Å²) in [5.41, 5.74) is 7.10. The third-order valence-electron chi connectivity index (χ3n) is 3.39. The van der Waals surface area contributed by atoms with E-state index in [4.69, 9.17) is 26.2 Å².